The Morgan fingerprint density at radius 2 is 1.67 bits per heavy atom. The van der Waals surface area contributed by atoms with Crippen molar-refractivity contribution in [1.82, 2.24) is 45.3 Å². The number of nitrogens with two attached hydrogens (primary N) is 1. The van der Waals surface area contributed by atoms with Crippen LogP contribution in [0.4, 0.5) is 5.69 Å². The molecule has 2 N–H and O–H groups in total. The smallest absolute Gasteiger partial charge is 0.226 e. The molecule has 3 rings (SSSR count). The van der Waals surface area contributed by atoms with Gasteiger partial charge in [-0.2, -0.15) is 4.68 Å². The van der Waals surface area contributed by atoms with E-state index in [2.05, 4.69) is 31.1 Å². The summed E-state index contributed by atoms with van der Waals surface area (Å²) in [7, 11) is 3.85. The van der Waals surface area contributed by atoms with Crippen LogP contribution in [0.3, 0.4) is 0 Å². The third-order valence-corrected chi connectivity index (χ3v) is 2.76. The number of benzene rings is 1. The first-order valence-electron chi connectivity index (χ1n) is 6.20. The van der Waals surface area contributed by atoms with Gasteiger partial charge >= 0.3 is 0 Å². The van der Waals surface area contributed by atoms with Crippen LogP contribution in [0, 0.1) is 0 Å². The highest BCUT2D eigenvalue weighted by molar-refractivity contribution is 5.50. The fourth-order valence-electron chi connectivity index (χ4n) is 1.84. The van der Waals surface area contributed by atoms with Crippen LogP contribution < -0.4 is 5.73 Å². The third-order valence-electron chi connectivity index (χ3n) is 2.76. The van der Waals surface area contributed by atoms with Gasteiger partial charge in [-0.25, -0.2) is 4.68 Å². The minimum atomic E-state index is 0.464. The average Bonchev–Trinajstić information content (AvgIpc) is 3.07. The molecule has 0 saturated carbocycles. The predicted molar refractivity (Wildman–Crippen MR) is 74.1 cm³/mol. The van der Waals surface area contributed by atoms with E-state index in [0.29, 0.717) is 24.0 Å². The number of nitrogens with zero attached hydrogens (tertiary/aromatic N) is 9. The van der Waals surface area contributed by atoms with Crippen molar-refractivity contribution in [1.29, 1.82) is 0 Å². The van der Waals surface area contributed by atoms with Crippen LogP contribution in [0.5, 0.6) is 0 Å². The Labute approximate surface area is 120 Å². The second kappa shape index (κ2) is 5.25. The van der Waals surface area contributed by atoms with E-state index >= 15 is 0 Å². The van der Waals surface area contributed by atoms with Crippen molar-refractivity contribution in [3.05, 3.63) is 24.3 Å². The van der Waals surface area contributed by atoms with E-state index in [0.717, 1.165) is 5.69 Å². The molecule has 0 spiro atoms. The van der Waals surface area contributed by atoms with Crippen molar-refractivity contribution in [2.75, 3.05) is 19.8 Å². The van der Waals surface area contributed by atoms with E-state index in [1.165, 1.54) is 0 Å². The molecule has 0 fully saturated rings. The Balaban J connectivity index is 2.03. The van der Waals surface area contributed by atoms with Crippen LogP contribution in [0.15, 0.2) is 24.3 Å². The van der Waals surface area contributed by atoms with Gasteiger partial charge in [0.1, 0.15) is 0 Å². The number of hydrogen-bond acceptors (Lipinski definition) is 8. The lowest BCUT2D eigenvalue weighted by Crippen LogP contribution is -2.19. The summed E-state index contributed by atoms with van der Waals surface area (Å²) in [6.07, 6.45) is 0. The van der Waals surface area contributed by atoms with Crippen molar-refractivity contribution < 1.29 is 0 Å². The van der Waals surface area contributed by atoms with Gasteiger partial charge in [-0.05, 0) is 59.2 Å². The molecule has 3 aromatic rings. The monoisotopic (exact) mass is 286 g/mol. The van der Waals surface area contributed by atoms with Gasteiger partial charge in [-0.15, -0.1) is 10.2 Å². The Bertz CT molecular complexity index is 726. The van der Waals surface area contributed by atoms with Crippen molar-refractivity contribution >= 4 is 5.69 Å². The quantitative estimate of drug-likeness (QED) is 0.633. The zero-order chi connectivity index (χ0) is 14.8. The molecule has 0 atom stereocenters. The van der Waals surface area contributed by atoms with E-state index in [-0.39, 0.29) is 0 Å². The summed E-state index contributed by atoms with van der Waals surface area (Å²) in [5.41, 5.74) is 7.14. The van der Waals surface area contributed by atoms with Crippen molar-refractivity contribution in [3.63, 3.8) is 0 Å². The Hall–Kier alpha value is -2.88. The first-order valence-corrected chi connectivity index (χ1v) is 6.20. The van der Waals surface area contributed by atoms with Gasteiger partial charge in [-0.1, -0.05) is 0 Å². The zero-order valence-electron chi connectivity index (χ0n) is 11.6. The van der Waals surface area contributed by atoms with Gasteiger partial charge in [0.05, 0.1) is 12.4 Å². The average molecular weight is 286 g/mol. The summed E-state index contributed by atoms with van der Waals surface area (Å²) in [6.45, 7) is 0.525. The zero-order valence-corrected chi connectivity index (χ0v) is 11.6. The topological polar surface area (TPSA) is 116 Å². The molecule has 2 aromatic heterocycles. The van der Waals surface area contributed by atoms with Crippen LogP contribution in [0.25, 0.3) is 17.3 Å². The Morgan fingerprint density at radius 3 is 2.38 bits per heavy atom. The Morgan fingerprint density at radius 1 is 1.00 bits per heavy atom. The maximum Gasteiger partial charge on any atom is 0.226 e. The number of anilines is 1. The van der Waals surface area contributed by atoms with Crippen LogP contribution in [-0.2, 0) is 6.67 Å². The lowest BCUT2D eigenvalue weighted by Gasteiger charge is -2.10. The summed E-state index contributed by atoms with van der Waals surface area (Å²) in [6, 6.07) is 7.22. The number of tetrazole rings is 2. The fourth-order valence-corrected chi connectivity index (χ4v) is 1.84. The van der Waals surface area contributed by atoms with Crippen LogP contribution in [0.2, 0.25) is 0 Å². The molecule has 0 aliphatic rings. The molecule has 10 heteroatoms. The largest absolute Gasteiger partial charge is 0.399 e. The second-order valence-corrected chi connectivity index (χ2v) is 4.73. The van der Waals surface area contributed by atoms with Crippen LogP contribution in [-0.4, -0.2) is 59.4 Å². The first kappa shape index (κ1) is 13.1. The van der Waals surface area contributed by atoms with Crippen LogP contribution >= 0.6 is 0 Å². The maximum absolute atomic E-state index is 5.69. The maximum atomic E-state index is 5.69. The van der Waals surface area contributed by atoms with Crippen molar-refractivity contribution in [2.45, 2.75) is 6.67 Å². The number of nitrogen functional groups attached to an aromatic ring is 1. The molecule has 0 unspecified atom stereocenters. The summed E-state index contributed by atoms with van der Waals surface area (Å²) in [4.78, 5) is 1.94. The molecule has 0 aliphatic heterocycles. The lowest BCUT2D eigenvalue weighted by atomic mass is 10.3. The molecule has 0 amide bonds. The standard InChI is InChI=1S/C11H14N10/c1-19(2)7-20-10(13-15-17-20)11-14-16-18-21(11)9-5-3-8(12)4-6-9/h3-6H,7,12H2,1-2H3. The molecular weight excluding hydrogens is 272 g/mol. The van der Waals surface area contributed by atoms with Gasteiger partial charge in [-0.3, -0.25) is 4.90 Å². The summed E-state index contributed by atoms with van der Waals surface area (Å²) in [5.74, 6) is 0.956. The third kappa shape index (κ3) is 2.56. The van der Waals surface area contributed by atoms with E-state index < -0.39 is 0 Å². The minimum Gasteiger partial charge on any atom is -0.399 e. The molecule has 108 valence electrons. The molecule has 10 nitrogen and oxygen atoms in total. The number of hydrogen-bond donors (Lipinski definition) is 1. The SMILES string of the molecule is CN(C)Cn1nnnc1-c1nnnn1-c1ccc(N)cc1. The summed E-state index contributed by atoms with van der Waals surface area (Å²) >= 11 is 0. The Kier molecular flexibility index (Phi) is 3.28. The molecule has 1 aromatic carbocycles. The summed E-state index contributed by atoms with van der Waals surface area (Å²) < 4.78 is 3.19. The highest BCUT2D eigenvalue weighted by atomic mass is 15.6. The van der Waals surface area contributed by atoms with Crippen LogP contribution in [0.1, 0.15) is 0 Å². The molecule has 0 aliphatic carbocycles. The predicted octanol–water partition coefficient (Wildman–Crippen LogP) is -0.583. The normalized spacial score (nSPS) is 11.2. The molecule has 2 heterocycles. The minimum absolute atomic E-state index is 0.464. The van der Waals surface area contributed by atoms with E-state index in [1.807, 2.05) is 31.1 Å². The van der Waals surface area contributed by atoms with E-state index in [1.54, 1.807) is 21.5 Å². The number of rotatable bonds is 4. The van der Waals surface area contributed by atoms with E-state index in [4.69, 9.17) is 5.73 Å². The van der Waals surface area contributed by atoms with Gasteiger partial charge in [0.2, 0.25) is 11.6 Å². The van der Waals surface area contributed by atoms with Gasteiger partial charge in [0, 0.05) is 5.69 Å². The van der Waals surface area contributed by atoms with Gasteiger partial charge in [0.15, 0.2) is 0 Å². The highest BCUT2D eigenvalue weighted by Gasteiger charge is 2.18. The van der Waals surface area contributed by atoms with Crippen molar-refractivity contribution in [3.8, 4) is 17.3 Å². The van der Waals surface area contributed by atoms with Crippen molar-refractivity contribution in [2.24, 2.45) is 0 Å². The molecular formula is C11H14N10. The van der Waals surface area contributed by atoms with E-state index in [9.17, 15) is 0 Å². The second-order valence-electron chi connectivity index (χ2n) is 4.73. The van der Waals surface area contributed by atoms with Gasteiger partial charge in [0.25, 0.3) is 0 Å². The first-order chi connectivity index (χ1) is 10.1. The number of aromatic nitrogens is 8. The lowest BCUT2D eigenvalue weighted by molar-refractivity contribution is 0.305. The molecule has 0 radical (unpaired) electrons. The molecule has 0 bridgehead atoms. The van der Waals surface area contributed by atoms with Gasteiger partial charge < -0.3 is 5.73 Å². The molecule has 0 saturated heterocycles. The summed E-state index contributed by atoms with van der Waals surface area (Å²) in [5, 5.41) is 23.3. The molecule has 21 heavy (non-hydrogen) atoms. The fraction of sp³-hybridized carbons (Fsp3) is 0.273. The highest BCUT2D eigenvalue weighted by Crippen LogP contribution is 2.17.